The monoisotopic (exact) mass is 303 g/mol. The zero-order valence-corrected chi connectivity index (χ0v) is 11.4. The van der Waals surface area contributed by atoms with E-state index >= 15 is 0 Å². The summed E-state index contributed by atoms with van der Waals surface area (Å²) >= 11 is 5.73. The molecule has 2 aromatic rings. The molecule has 0 saturated carbocycles. The highest BCUT2D eigenvalue weighted by atomic mass is 35.5. The number of rotatable bonds is 4. The van der Waals surface area contributed by atoms with Gasteiger partial charge < -0.3 is 5.11 Å². The molecule has 0 fully saturated rings. The first kappa shape index (κ1) is 14.7. The zero-order valence-electron chi connectivity index (χ0n) is 10.7. The van der Waals surface area contributed by atoms with E-state index in [9.17, 15) is 20.0 Å². The highest BCUT2D eigenvalue weighted by Gasteiger charge is 2.14. The second kappa shape index (κ2) is 6.19. The van der Waals surface area contributed by atoms with Gasteiger partial charge in [0.2, 0.25) is 0 Å². The van der Waals surface area contributed by atoms with Crippen molar-refractivity contribution in [3.05, 3.63) is 74.8 Å². The number of hydrogen-bond acceptors (Lipinski definition) is 3. The van der Waals surface area contributed by atoms with Crippen LogP contribution in [-0.2, 0) is 4.79 Å². The van der Waals surface area contributed by atoms with Crippen molar-refractivity contribution in [1.29, 1.82) is 0 Å². The molecule has 0 unspecified atom stereocenters. The fraction of sp³-hybridized carbons (Fsp3) is 0. The molecule has 0 aliphatic rings. The SMILES string of the molecule is O=C(O)C(=Cc1ccc(Cl)c([N+](=O)[O-])c1)c1ccccc1. The summed E-state index contributed by atoms with van der Waals surface area (Å²) in [5.41, 5.74) is 0.699. The summed E-state index contributed by atoms with van der Waals surface area (Å²) in [5, 5.41) is 20.1. The molecule has 6 heteroatoms. The summed E-state index contributed by atoms with van der Waals surface area (Å²) in [6.45, 7) is 0. The quantitative estimate of drug-likeness (QED) is 0.402. The number of carboxylic acids is 1. The van der Waals surface area contributed by atoms with E-state index in [2.05, 4.69) is 0 Å². The van der Waals surface area contributed by atoms with Crippen LogP contribution in [0.15, 0.2) is 48.5 Å². The molecule has 2 rings (SSSR count). The number of nitro benzene ring substituents is 1. The number of benzene rings is 2. The molecule has 0 aromatic heterocycles. The van der Waals surface area contributed by atoms with Crippen LogP contribution in [0.25, 0.3) is 11.6 Å². The Bertz CT molecular complexity index is 726. The summed E-state index contributed by atoms with van der Waals surface area (Å²) in [6.07, 6.45) is 1.38. The third-order valence-corrected chi connectivity index (χ3v) is 3.11. The summed E-state index contributed by atoms with van der Waals surface area (Å²) in [5.74, 6) is -1.11. The maximum atomic E-state index is 11.4. The van der Waals surface area contributed by atoms with Crippen molar-refractivity contribution >= 4 is 34.9 Å². The minimum Gasteiger partial charge on any atom is -0.478 e. The molecule has 2 aromatic carbocycles. The van der Waals surface area contributed by atoms with Crippen LogP contribution in [0.1, 0.15) is 11.1 Å². The number of aliphatic carboxylic acids is 1. The smallest absolute Gasteiger partial charge is 0.336 e. The highest BCUT2D eigenvalue weighted by molar-refractivity contribution is 6.32. The van der Waals surface area contributed by atoms with Gasteiger partial charge in [0.25, 0.3) is 5.69 Å². The van der Waals surface area contributed by atoms with E-state index in [1.807, 2.05) is 0 Å². The lowest BCUT2D eigenvalue weighted by molar-refractivity contribution is -0.384. The minimum atomic E-state index is -1.11. The maximum absolute atomic E-state index is 11.4. The van der Waals surface area contributed by atoms with Gasteiger partial charge in [-0.25, -0.2) is 4.79 Å². The van der Waals surface area contributed by atoms with E-state index in [0.717, 1.165) is 0 Å². The Kier molecular flexibility index (Phi) is 4.35. The van der Waals surface area contributed by atoms with Crippen molar-refractivity contribution in [2.45, 2.75) is 0 Å². The lowest BCUT2D eigenvalue weighted by Crippen LogP contribution is -1.99. The molecule has 1 N–H and O–H groups in total. The number of halogens is 1. The van der Waals surface area contributed by atoms with Crippen LogP contribution in [0.5, 0.6) is 0 Å². The summed E-state index contributed by atoms with van der Waals surface area (Å²) in [6, 6.07) is 12.7. The van der Waals surface area contributed by atoms with Gasteiger partial charge in [0.1, 0.15) is 5.02 Å². The van der Waals surface area contributed by atoms with Crippen LogP contribution >= 0.6 is 11.6 Å². The Labute approximate surface area is 125 Å². The molecular formula is C15H10ClNO4. The van der Waals surface area contributed by atoms with Crippen LogP contribution < -0.4 is 0 Å². The number of nitro groups is 1. The van der Waals surface area contributed by atoms with E-state index in [-0.39, 0.29) is 16.3 Å². The Hall–Kier alpha value is -2.66. The molecule has 0 radical (unpaired) electrons. The van der Waals surface area contributed by atoms with Gasteiger partial charge in [-0.05, 0) is 23.3 Å². The largest absolute Gasteiger partial charge is 0.478 e. The van der Waals surface area contributed by atoms with Gasteiger partial charge >= 0.3 is 5.97 Å². The third kappa shape index (κ3) is 3.46. The first-order valence-corrected chi connectivity index (χ1v) is 6.31. The Morgan fingerprint density at radius 3 is 2.43 bits per heavy atom. The van der Waals surface area contributed by atoms with Crippen LogP contribution in [0, 0.1) is 10.1 Å². The van der Waals surface area contributed by atoms with Crippen molar-refractivity contribution in [2.24, 2.45) is 0 Å². The molecule has 0 saturated heterocycles. The van der Waals surface area contributed by atoms with Crippen molar-refractivity contribution in [1.82, 2.24) is 0 Å². The molecular weight excluding hydrogens is 294 g/mol. The molecule has 0 amide bonds. The lowest BCUT2D eigenvalue weighted by Gasteiger charge is -2.03. The fourth-order valence-electron chi connectivity index (χ4n) is 1.81. The van der Waals surface area contributed by atoms with Gasteiger partial charge in [-0.1, -0.05) is 48.0 Å². The first-order chi connectivity index (χ1) is 9.99. The average molecular weight is 304 g/mol. The summed E-state index contributed by atoms with van der Waals surface area (Å²) in [4.78, 5) is 21.6. The van der Waals surface area contributed by atoms with Gasteiger partial charge in [-0.2, -0.15) is 0 Å². The van der Waals surface area contributed by atoms with E-state index < -0.39 is 10.9 Å². The fourth-order valence-corrected chi connectivity index (χ4v) is 2.00. The lowest BCUT2D eigenvalue weighted by atomic mass is 10.0. The molecule has 0 heterocycles. The van der Waals surface area contributed by atoms with E-state index in [1.54, 1.807) is 30.3 Å². The van der Waals surface area contributed by atoms with Gasteiger partial charge in [0, 0.05) is 6.07 Å². The predicted molar refractivity (Wildman–Crippen MR) is 80.1 cm³/mol. The second-order valence-electron chi connectivity index (χ2n) is 4.20. The van der Waals surface area contributed by atoms with Crippen LogP contribution in [-0.4, -0.2) is 16.0 Å². The van der Waals surface area contributed by atoms with Crippen molar-refractivity contribution in [3.8, 4) is 0 Å². The molecule has 0 aliphatic heterocycles. The summed E-state index contributed by atoms with van der Waals surface area (Å²) in [7, 11) is 0. The van der Waals surface area contributed by atoms with Crippen molar-refractivity contribution < 1.29 is 14.8 Å². The highest BCUT2D eigenvalue weighted by Crippen LogP contribution is 2.27. The first-order valence-electron chi connectivity index (χ1n) is 5.93. The van der Waals surface area contributed by atoms with Crippen LogP contribution in [0.3, 0.4) is 0 Å². The minimum absolute atomic E-state index is 0.00809. The van der Waals surface area contributed by atoms with E-state index in [0.29, 0.717) is 11.1 Å². The second-order valence-corrected chi connectivity index (χ2v) is 4.60. The standard InChI is InChI=1S/C15H10ClNO4/c16-13-7-6-10(9-14(13)17(20)21)8-12(15(18)19)11-4-2-1-3-5-11/h1-9H,(H,18,19). The third-order valence-electron chi connectivity index (χ3n) is 2.79. The van der Waals surface area contributed by atoms with Crippen LogP contribution in [0.2, 0.25) is 5.02 Å². The summed E-state index contributed by atoms with van der Waals surface area (Å²) < 4.78 is 0. The number of carboxylic acid groups (broad SMARTS) is 1. The van der Waals surface area contributed by atoms with Gasteiger partial charge in [-0.15, -0.1) is 0 Å². The van der Waals surface area contributed by atoms with Crippen molar-refractivity contribution in [2.75, 3.05) is 0 Å². The van der Waals surface area contributed by atoms with Crippen molar-refractivity contribution in [3.63, 3.8) is 0 Å². The molecule has 106 valence electrons. The predicted octanol–water partition coefficient (Wildman–Crippen LogP) is 3.87. The zero-order chi connectivity index (χ0) is 15.4. The van der Waals surface area contributed by atoms with Gasteiger partial charge in [-0.3, -0.25) is 10.1 Å². The number of hydrogen-bond donors (Lipinski definition) is 1. The van der Waals surface area contributed by atoms with E-state index in [4.69, 9.17) is 11.6 Å². The average Bonchev–Trinajstić information content (AvgIpc) is 2.46. The van der Waals surface area contributed by atoms with Gasteiger partial charge in [0.15, 0.2) is 0 Å². The van der Waals surface area contributed by atoms with Crippen LogP contribution in [0.4, 0.5) is 5.69 Å². The number of nitrogens with zero attached hydrogens (tertiary/aromatic N) is 1. The van der Waals surface area contributed by atoms with E-state index in [1.165, 1.54) is 24.3 Å². The molecule has 0 spiro atoms. The molecule has 21 heavy (non-hydrogen) atoms. The molecule has 0 bridgehead atoms. The number of carbonyl (C=O) groups is 1. The normalized spacial score (nSPS) is 11.2. The van der Waals surface area contributed by atoms with Gasteiger partial charge in [0.05, 0.1) is 10.5 Å². The topological polar surface area (TPSA) is 80.4 Å². The molecule has 5 nitrogen and oxygen atoms in total. The Morgan fingerprint density at radius 1 is 1.19 bits per heavy atom. The molecule has 0 aliphatic carbocycles. The molecule has 0 atom stereocenters. The Balaban J connectivity index is 2.52. The Morgan fingerprint density at radius 2 is 1.86 bits per heavy atom. The maximum Gasteiger partial charge on any atom is 0.336 e.